The minimum atomic E-state index is -0.272. The van der Waals surface area contributed by atoms with E-state index in [1.807, 2.05) is 18.2 Å². The second-order valence-electron chi connectivity index (χ2n) is 8.04. The quantitative estimate of drug-likeness (QED) is 0.663. The van der Waals surface area contributed by atoms with Gasteiger partial charge in [0.25, 0.3) is 5.91 Å². The Kier molecular flexibility index (Phi) is 4.35. The van der Waals surface area contributed by atoms with Crippen LogP contribution in [0.15, 0.2) is 72.8 Å². The number of halogens is 1. The van der Waals surface area contributed by atoms with Gasteiger partial charge in [-0.25, -0.2) is 4.39 Å². The van der Waals surface area contributed by atoms with E-state index in [9.17, 15) is 9.18 Å². The molecule has 3 aromatic carbocycles. The van der Waals surface area contributed by atoms with Crippen molar-refractivity contribution >= 4 is 11.6 Å². The standard InChI is InChI=1S/C25H23FN2O/c26-18-11-9-17(10-12-18)15-27-24(29)20-6-2-1-5-19(20)21-13-14-25(21)16-28-23-8-4-3-7-22(23)25/h1-12,21,28H,13-16H2,(H,27,29). The highest BCUT2D eigenvalue weighted by Gasteiger charge is 2.52. The summed E-state index contributed by atoms with van der Waals surface area (Å²) in [6, 6.07) is 22.7. The number of hydrogen-bond donors (Lipinski definition) is 2. The minimum absolute atomic E-state index is 0.0733. The molecule has 3 aromatic rings. The molecular formula is C25H23FN2O. The van der Waals surface area contributed by atoms with Gasteiger partial charge in [0.2, 0.25) is 0 Å². The Morgan fingerprint density at radius 1 is 1.03 bits per heavy atom. The summed E-state index contributed by atoms with van der Waals surface area (Å²) in [6.07, 6.45) is 2.21. The summed E-state index contributed by atoms with van der Waals surface area (Å²) in [5, 5.41) is 6.56. The predicted octanol–water partition coefficient (Wildman–Crippen LogP) is 5.00. The second kappa shape index (κ2) is 7.03. The van der Waals surface area contributed by atoms with Gasteiger partial charge in [-0.05, 0) is 59.7 Å². The molecule has 1 saturated carbocycles. The van der Waals surface area contributed by atoms with E-state index >= 15 is 0 Å². The van der Waals surface area contributed by atoms with E-state index in [0.717, 1.165) is 36.1 Å². The number of para-hydroxylation sites is 1. The molecule has 2 unspecified atom stereocenters. The molecule has 29 heavy (non-hydrogen) atoms. The largest absolute Gasteiger partial charge is 0.384 e. The Labute approximate surface area is 170 Å². The molecule has 1 amide bonds. The molecule has 2 aliphatic rings. The first-order valence-electron chi connectivity index (χ1n) is 10.1. The Morgan fingerprint density at radius 2 is 1.79 bits per heavy atom. The molecule has 1 heterocycles. The van der Waals surface area contributed by atoms with Crippen LogP contribution in [0.1, 0.15) is 45.8 Å². The zero-order chi connectivity index (χ0) is 19.8. The van der Waals surface area contributed by atoms with E-state index in [4.69, 9.17) is 0 Å². The van der Waals surface area contributed by atoms with Crippen LogP contribution in [0, 0.1) is 5.82 Å². The molecule has 2 atom stereocenters. The van der Waals surface area contributed by atoms with E-state index in [-0.39, 0.29) is 17.1 Å². The van der Waals surface area contributed by atoms with Crippen LogP contribution in [0.3, 0.4) is 0 Å². The third-order valence-electron chi connectivity index (χ3n) is 6.55. The number of benzene rings is 3. The van der Waals surface area contributed by atoms with E-state index in [1.54, 1.807) is 12.1 Å². The third-order valence-corrected chi connectivity index (χ3v) is 6.55. The van der Waals surface area contributed by atoms with Crippen LogP contribution in [0.2, 0.25) is 0 Å². The van der Waals surface area contributed by atoms with Crippen LogP contribution in [0.5, 0.6) is 0 Å². The molecule has 1 fully saturated rings. The molecule has 5 rings (SSSR count). The average Bonchev–Trinajstić information content (AvgIpc) is 3.15. The summed E-state index contributed by atoms with van der Waals surface area (Å²) in [6.45, 7) is 1.30. The summed E-state index contributed by atoms with van der Waals surface area (Å²) in [7, 11) is 0. The number of carbonyl (C=O) groups excluding carboxylic acids is 1. The third kappa shape index (κ3) is 3.00. The predicted molar refractivity (Wildman–Crippen MR) is 113 cm³/mol. The highest BCUT2D eigenvalue weighted by Crippen LogP contribution is 2.59. The SMILES string of the molecule is O=C(NCc1ccc(F)cc1)c1ccccc1C1CCC12CNc1ccccc12. The van der Waals surface area contributed by atoms with E-state index in [1.165, 1.54) is 23.4 Å². The highest BCUT2D eigenvalue weighted by molar-refractivity contribution is 5.96. The van der Waals surface area contributed by atoms with Crippen molar-refractivity contribution in [3.8, 4) is 0 Å². The number of amides is 1. The van der Waals surface area contributed by atoms with Crippen LogP contribution in [0.25, 0.3) is 0 Å². The van der Waals surface area contributed by atoms with Crippen molar-refractivity contribution < 1.29 is 9.18 Å². The molecule has 1 spiro atoms. The van der Waals surface area contributed by atoms with Crippen molar-refractivity contribution in [2.75, 3.05) is 11.9 Å². The summed E-state index contributed by atoms with van der Waals surface area (Å²) >= 11 is 0. The first-order valence-corrected chi connectivity index (χ1v) is 10.1. The van der Waals surface area contributed by atoms with Crippen molar-refractivity contribution in [1.82, 2.24) is 5.32 Å². The lowest BCUT2D eigenvalue weighted by molar-refractivity contribution is 0.0946. The van der Waals surface area contributed by atoms with Gasteiger partial charge in [0, 0.05) is 29.8 Å². The van der Waals surface area contributed by atoms with Gasteiger partial charge in [-0.3, -0.25) is 4.79 Å². The highest BCUT2D eigenvalue weighted by atomic mass is 19.1. The number of fused-ring (bicyclic) bond motifs is 2. The van der Waals surface area contributed by atoms with Gasteiger partial charge in [-0.15, -0.1) is 0 Å². The Morgan fingerprint density at radius 3 is 2.59 bits per heavy atom. The van der Waals surface area contributed by atoms with Crippen molar-refractivity contribution in [3.05, 3.63) is 101 Å². The van der Waals surface area contributed by atoms with Gasteiger partial charge >= 0.3 is 0 Å². The average molecular weight is 386 g/mol. The minimum Gasteiger partial charge on any atom is -0.384 e. The smallest absolute Gasteiger partial charge is 0.251 e. The topological polar surface area (TPSA) is 41.1 Å². The first kappa shape index (κ1) is 17.9. The molecule has 0 aromatic heterocycles. The Bertz CT molecular complexity index is 1060. The maximum absolute atomic E-state index is 13.1. The van der Waals surface area contributed by atoms with Gasteiger partial charge in [-0.2, -0.15) is 0 Å². The van der Waals surface area contributed by atoms with Crippen LogP contribution >= 0.6 is 0 Å². The lowest BCUT2D eigenvalue weighted by Gasteiger charge is -2.48. The summed E-state index contributed by atoms with van der Waals surface area (Å²) < 4.78 is 13.1. The Hall–Kier alpha value is -3.14. The molecule has 0 saturated heterocycles. The van der Waals surface area contributed by atoms with Gasteiger partial charge in [-0.1, -0.05) is 48.5 Å². The van der Waals surface area contributed by atoms with Crippen molar-refractivity contribution in [2.45, 2.75) is 30.7 Å². The molecule has 0 bridgehead atoms. The maximum Gasteiger partial charge on any atom is 0.251 e. The molecule has 1 aliphatic carbocycles. The van der Waals surface area contributed by atoms with E-state index in [0.29, 0.717) is 12.5 Å². The monoisotopic (exact) mass is 386 g/mol. The molecule has 0 radical (unpaired) electrons. The second-order valence-corrected chi connectivity index (χ2v) is 8.04. The molecule has 3 nitrogen and oxygen atoms in total. The molecule has 1 aliphatic heterocycles. The zero-order valence-corrected chi connectivity index (χ0v) is 16.1. The molecule has 4 heteroatoms. The molecule has 2 N–H and O–H groups in total. The van der Waals surface area contributed by atoms with Gasteiger partial charge in [0.05, 0.1) is 0 Å². The normalized spacial score (nSPS) is 21.9. The molecule has 146 valence electrons. The summed E-state index contributed by atoms with van der Waals surface area (Å²) in [5.41, 5.74) is 5.40. The van der Waals surface area contributed by atoms with Crippen LogP contribution in [0.4, 0.5) is 10.1 Å². The number of rotatable bonds is 4. The first-order chi connectivity index (χ1) is 14.2. The maximum atomic E-state index is 13.1. The Balaban J connectivity index is 1.40. The van der Waals surface area contributed by atoms with Gasteiger partial charge in [0.15, 0.2) is 0 Å². The number of nitrogens with one attached hydrogen (secondary N) is 2. The van der Waals surface area contributed by atoms with E-state index in [2.05, 4.69) is 41.0 Å². The van der Waals surface area contributed by atoms with Crippen molar-refractivity contribution in [3.63, 3.8) is 0 Å². The van der Waals surface area contributed by atoms with Crippen LogP contribution in [-0.2, 0) is 12.0 Å². The van der Waals surface area contributed by atoms with Gasteiger partial charge in [0.1, 0.15) is 5.82 Å². The van der Waals surface area contributed by atoms with Crippen LogP contribution in [-0.4, -0.2) is 12.5 Å². The fourth-order valence-corrected chi connectivity index (χ4v) is 4.93. The van der Waals surface area contributed by atoms with Crippen molar-refractivity contribution in [1.29, 1.82) is 0 Å². The number of hydrogen-bond acceptors (Lipinski definition) is 2. The lowest BCUT2D eigenvalue weighted by Crippen LogP contribution is -2.45. The lowest BCUT2D eigenvalue weighted by atomic mass is 9.55. The zero-order valence-electron chi connectivity index (χ0n) is 16.1. The van der Waals surface area contributed by atoms with Gasteiger partial charge < -0.3 is 10.6 Å². The van der Waals surface area contributed by atoms with Crippen molar-refractivity contribution in [2.24, 2.45) is 0 Å². The number of anilines is 1. The van der Waals surface area contributed by atoms with Crippen LogP contribution < -0.4 is 10.6 Å². The number of carbonyl (C=O) groups is 1. The summed E-state index contributed by atoms with van der Waals surface area (Å²) in [4.78, 5) is 13.0. The fourth-order valence-electron chi connectivity index (χ4n) is 4.93. The molecular weight excluding hydrogens is 363 g/mol. The summed E-state index contributed by atoms with van der Waals surface area (Å²) in [5.74, 6) is -0.0243. The van der Waals surface area contributed by atoms with E-state index < -0.39 is 0 Å². The fraction of sp³-hybridized carbons (Fsp3) is 0.240.